The summed E-state index contributed by atoms with van der Waals surface area (Å²) in [6.45, 7) is 5.50. The largest absolute Gasteiger partial charge is 0.468 e. The molecule has 1 aliphatic heterocycles. The van der Waals surface area contributed by atoms with Crippen LogP contribution in [0, 0.1) is 0 Å². The molecule has 1 unspecified atom stereocenters. The van der Waals surface area contributed by atoms with Crippen molar-refractivity contribution >= 4 is 11.3 Å². The number of nitrogens with one attached hydrogen (secondary N) is 1. The third-order valence-electron chi connectivity index (χ3n) is 4.08. The summed E-state index contributed by atoms with van der Waals surface area (Å²) in [7, 11) is 0. The first-order valence-electron chi connectivity index (χ1n) is 7.34. The van der Waals surface area contributed by atoms with Gasteiger partial charge in [0.15, 0.2) is 0 Å². The predicted molar refractivity (Wildman–Crippen MR) is 82.9 cm³/mol. The highest BCUT2D eigenvalue weighted by Crippen LogP contribution is 2.20. The van der Waals surface area contributed by atoms with Crippen molar-refractivity contribution in [2.24, 2.45) is 0 Å². The van der Waals surface area contributed by atoms with E-state index in [-0.39, 0.29) is 0 Å². The number of rotatable bonds is 5. The molecular weight excluding hydrogens is 268 g/mol. The zero-order chi connectivity index (χ0) is 13.8. The number of hydrogen-bond donors (Lipinski definition) is 1. The van der Waals surface area contributed by atoms with Crippen molar-refractivity contribution < 1.29 is 4.42 Å². The second-order valence-electron chi connectivity index (χ2n) is 5.57. The topological polar surface area (TPSA) is 28.4 Å². The number of thiophene rings is 1. The lowest BCUT2D eigenvalue weighted by Gasteiger charge is -2.33. The molecule has 0 spiro atoms. The minimum absolute atomic E-state index is 0.461. The second kappa shape index (κ2) is 6.57. The maximum absolute atomic E-state index is 5.42. The minimum Gasteiger partial charge on any atom is -0.468 e. The molecule has 2 aromatic rings. The number of hydrogen-bond acceptors (Lipinski definition) is 4. The number of piperidine rings is 1. The van der Waals surface area contributed by atoms with Gasteiger partial charge in [0.05, 0.1) is 12.8 Å². The van der Waals surface area contributed by atoms with E-state index in [1.807, 2.05) is 6.07 Å². The monoisotopic (exact) mass is 290 g/mol. The van der Waals surface area contributed by atoms with Crippen molar-refractivity contribution in [2.75, 3.05) is 13.1 Å². The van der Waals surface area contributed by atoms with Crippen LogP contribution >= 0.6 is 11.3 Å². The molecule has 3 heterocycles. The first-order valence-corrected chi connectivity index (χ1v) is 8.28. The molecule has 0 aromatic carbocycles. The van der Waals surface area contributed by atoms with Crippen molar-refractivity contribution in [1.29, 1.82) is 0 Å². The van der Waals surface area contributed by atoms with Gasteiger partial charge in [-0.15, -0.1) is 0 Å². The lowest BCUT2D eigenvalue weighted by molar-refractivity contribution is 0.174. The molecule has 3 nitrogen and oxygen atoms in total. The van der Waals surface area contributed by atoms with Crippen molar-refractivity contribution in [2.45, 2.75) is 38.4 Å². The molecule has 0 bridgehead atoms. The van der Waals surface area contributed by atoms with Gasteiger partial charge in [-0.25, -0.2) is 0 Å². The summed E-state index contributed by atoms with van der Waals surface area (Å²) in [5, 5.41) is 8.15. The molecule has 1 aliphatic rings. The Morgan fingerprint density at radius 1 is 1.40 bits per heavy atom. The van der Waals surface area contributed by atoms with E-state index in [1.54, 1.807) is 17.6 Å². The van der Waals surface area contributed by atoms with E-state index in [9.17, 15) is 0 Å². The highest BCUT2D eigenvalue weighted by molar-refractivity contribution is 7.07. The summed E-state index contributed by atoms with van der Waals surface area (Å²) in [4.78, 5) is 2.48. The summed E-state index contributed by atoms with van der Waals surface area (Å²) >= 11 is 1.77. The van der Waals surface area contributed by atoms with Gasteiger partial charge < -0.3 is 9.73 Å². The van der Waals surface area contributed by atoms with Gasteiger partial charge >= 0.3 is 0 Å². The summed E-state index contributed by atoms with van der Waals surface area (Å²) in [6, 6.07) is 7.34. The third kappa shape index (κ3) is 3.51. The van der Waals surface area contributed by atoms with E-state index in [1.165, 1.54) is 18.4 Å². The molecule has 108 valence electrons. The molecule has 0 saturated carbocycles. The van der Waals surface area contributed by atoms with Crippen LogP contribution in [0.1, 0.15) is 37.1 Å². The Balaban J connectivity index is 1.44. The molecule has 4 heteroatoms. The summed E-state index contributed by atoms with van der Waals surface area (Å²) in [5.74, 6) is 1.07. The van der Waals surface area contributed by atoms with Crippen LogP contribution in [-0.4, -0.2) is 24.0 Å². The average Bonchev–Trinajstić information content (AvgIpc) is 3.13. The zero-order valence-electron chi connectivity index (χ0n) is 11.9. The average molecular weight is 290 g/mol. The highest BCUT2D eigenvalue weighted by atomic mass is 32.1. The van der Waals surface area contributed by atoms with Crippen LogP contribution in [0.25, 0.3) is 0 Å². The molecule has 3 rings (SSSR count). The first-order chi connectivity index (χ1) is 9.81. The van der Waals surface area contributed by atoms with E-state index in [2.05, 4.69) is 40.0 Å². The van der Waals surface area contributed by atoms with Gasteiger partial charge in [0.1, 0.15) is 5.76 Å². The van der Waals surface area contributed by atoms with Gasteiger partial charge in [0.25, 0.3) is 0 Å². The van der Waals surface area contributed by atoms with E-state index < -0.39 is 0 Å². The fourth-order valence-corrected chi connectivity index (χ4v) is 3.61. The van der Waals surface area contributed by atoms with Crippen LogP contribution in [0.4, 0.5) is 0 Å². The van der Waals surface area contributed by atoms with E-state index >= 15 is 0 Å². The smallest absolute Gasteiger partial charge is 0.117 e. The van der Waals surface area contributed by atoms with E-state index in [4.69, 9.17) is 4.42 Å². The Kier molecular flexibility index (Phi) is 4.55. The Morgan fingerprint density at radius 3 is 2.90 bits per heavy atom. The van der Waals surface area contributed by atoms with Crippen molar-refractivity contribution in [3.63, 3.8) is 0 Å². The van der Waals surface area contributed by atoms with Gasteiger partial charge in [-0.2, -0.15) is 11.3 Å². The molecule has 2 aromatic heterocycles. The maximum atomic E-state index is 5.42. The fraction of sp³-hybridized carbons (Fsp3) is 0.500. The Morgan fingerprint density at radius 2 is 2.25 bits per heavy atom. The summed E-state index contributed by atoms with van der Waals surface area (Å²) in [6.07, 6.45) is 4.19. The predicted octanol–water partition coefficient (Wildman–Crippen LogP) is 3.66. The number of nitrogens with zero attached hydrogens (tertiary/aromatic N) is 1. The maximum Gasteiger partial charge on any atom is 0.117 e. The van der Waals surface area contributed by atoms with Gasteiger partial charge in [-0.3, -0.25) is 4.90 Å². The molecule has 0 aliphatic carbocycles. The van der Waals surface area contributed by atoms with Crippen LogP contribution in [-0.2, 0) is 6.54 Å². The van der Waals surface area contributed by atoms with Crippen LogP contribution < -0.4 is 5.32 Å². The number of likely N-dealkylation sites (tertiary alicyclic amines) is 1. The second-order valence-corrected chi connectivity index (χ2v) is 6.35. The van der Waals surface area contributed by atoms with Crippen LogP contribution in [0.15, 0.2) is 39.6 Å². The lowest BCUT2D eigenvalue weighted by atomic mass is 10.0. The standard InChI is InChI=1S/C16H22N2OS/c1-13(14-6-10-20-12-14)17-15-4-7-18(8-5-15)11-16-3-2-9-19-16/h2-3,6,9-10,12-13,15,17H,4-5,7-8,11H2,1H3. The molecule has 1 saturated heterocycles. The molecule has 20 heavy (non-hydrogen) atoms. The van der Waals surface area contributed by atoms with Gasteiger partial charge in [-0.1, -0.05) is 0 Å². The Bertz CT molecular complexity index is 487. The third-order valence-corrected chi connectivity index (χ3v) is 4.78. The van der Waals surface area contributed by atoms with Crippen LogP contribution in [0.2, 0.25) is 0 Å². The van der Waals surface area contributed by atoms with Crippen LogP contribution in [0.3, 0.4) is 0 Å². The van der Waals surface area contributed by atoms with E-state index in [0.717, 1.165) is 25.4 Å². The SMILES string of the molecule is CC(NC1CCN(Cc2ccco2)CC1)c1ccsc1. The molecule has 1 fully saturated rings. The van der Waals surface area contributed by atoms with Crippen molar-refractivity contribution in [1.82, 2.24) is 10.2 Å². The molecule has 0 radical (unpaired) electrons. The molecule has 1 atom stereocenters. The summed E-state index contributed by atoms with van der Waals surface area (Å²) < 4.78 is 5.42. The van der Waals surface area contributed by atoms with Gasteiger partial charge in [0.2, 0.25) is 0 Å². The van der Waals surface area contributed by atoms with Gasteiger partial charge in [0, 0.05) is 25.2 Å². The fourth-order valence-electron chi connectivity index (χ4n) is 2.85. The van der Waals surface area contributed by atoms with E-state index in [0.29, 0.717) is 12.1 Å². The highest BCUT2D eigenvalue weighted by Gasteiger charge is 2.21. The Labute approximate surface area is 124 Å². The number of furan rings is 1. The first kappa shape index (κ1) is 13.9. The molecule has 1 N–H and O–H groups in total. The lowest BCUT2D eigenvalue weighted by Crippen LogP contribution is -2.42. The Hall–Kier alpha value is -1.10. The minimum atomic E-state index is 0.461. The van der Waals surface area contributed by atoms with Gasteiger partial charge in [-0.05, 0) is 54.3 Å². The molecule has 0 amide bonds. The van der Waals surface area contributed by atoms with Crippen LogP contribution in [0.5, 0.6) is 0 Å². The summed E-state index contributed by atoms with van der Waals surface area (Å²) in [5.41, 5.74) is 1.41. The van der Waals surface area contributed by atoms with Crippen molar-refractivity contribution in [3.8, 4) is 0 Å². The zero-order valence-corrected chi connectivity index (χ0v) is 12.7. The quantitative estimate of drug-likeness (QED) is 0.911. The normalized spacial score (nSPS) is 19.2. The molecular formula is C16H22N2OS. The van der Waals surface area contributed by atoms with Crippen molar-refractivity contribution in [3.05, 3.63) is 46.5 Å².